The van der Waals surface area contributed by atoms with Gasteiger partial charge in [0.25, 0.3) is 11.5 Å². The Bertz CT molecular complexity index is 1160. The molecule has 4 N–H and O–H groups in total. The predicted octanol–water partition coefficient (Wildman–Crippen LogP) is 1.65. The maximum Gasteiger partial charge on any atom is 0.274 e. The van der Waals surface area contributed by atoms with E-state index in [0.29, 0.717) is 35.2 Å². The van der Waals surface area contributed by atoms with Crippen LogP contribution in [0, 0.1) is 0 Å². The number of aliphatic hydroxyl groups excluding tert-OH is 1. The van der Waals surface area contributed by atoms with Crippen LogP contribution in [0.2, 0.25) is 0 Å². The molecule has 2 fully saturated rings. The first-order chi connectivity index (χ1) is 17.4. The van der Waals surface area contributed by atoms with Crippen LogP contribution in [0.25, 0.3) is 0 Å². The fraction of sp³-hybridized carbons (Fsp3) is 0.520. The standard InChI is InChI=1S/C25H35N7O4/c1-15(24(34)29-18-10-11-20(18)33)23-30-21(14-22(26-2)32(23)27-3)28-19-9-6-12-31(25(19)35)16-7-5-8-17(13-16)36-4/h6,9,12,14,16-18,20,28,30,33H,3,5,7-8,10-11,13H2,1-2,4H3,(H,29,34)/b23-15+,26-22?/t16-,17+,18+,20+/m1/s1. The van der Waals surface area contributed by atoms with Crippen LogP contribution in [-0.4, -0.2) is 65.6 Å². The van der Waals surface area contributed by atoms with Gasteiger partial charge in [-0.25, -0.2) is 0 Å². The van der Waals surface area contributed by atoms with Crippen LogP contribution in [0.5, 0.6) is 0 Å². The zero-order chi connectivity index (χ0) is 25.8. The van der Waals surface area contributed by atoms with Crippen molar-refractivity contribution in [2.75, 3.05) is 19.5 Å². The molecule has 2 aliphatic carbocycles. The largest absolute Gasteiger partial charge is 0.391 e. The van der Waals surface area contributed by atoms with Crippen LogP contribution in [0.15, 0.2) is 56.5 Å². The maximum atomic E-state index is 13.4. The van der Waals surface area contributed by atoms with E-state index in [9.17, 15) is 14.7 Å². The lowest BCUT2D eigenvalue weighted by Gasteiger charge is -2.34. The molecule has 0 unspecified atom stereocenters. The first kappa shape index (κ1) is 25.6. The first-order valence-corrected chi connectivity index (χ1v) is 12.3. The Labute approximate surface area is 210 Å². The summed E-state index contributed by atoms with van der Waals surface area (Å²) in [5, 5.41) is 24.5. The molecular formula is C25H35N7O4. The molecule has 194 valence electrons. The number of rotatable bonds is 7. The van der Waals surface area contributed by atoms with Crippen molar-refractivity contribution in [3.05, 3.63) is 52.0 Å². The highest BCUT2D eigenvalue weighted by atomic mass is 16.5. The Morgan fingerprint density at radius 2 is 2.11 bits per heavy atom. The van der Waals surface area contributed by atoms with Crippen molar-refractivity contribution in [1.82, 2.24) is 20.2 Å². The number of carbonyl (C=O) groups excluding carboxylic acids is 1. The fourth-order valence-corrected chi connectivity index (χ4v) is 4.80. The zero-order valence-electron chi connectivity index (χ0n) is 21.0. The van der Waals surface area contributed by atoms with E-state index in [1.165, 1.54) is 5.01 Å². The number of nitrogens with one attached hydrogen (secondary N) is 3. The second kappa shape index (κ2) is 11.1. The van der Waals surface area contributed by atoms with Gasteiger partial charge in [0.05, 0.1) is 23.8 Å². The summed E-state index contributed by atoms with van der Waals surface area (Å²) in [5.74, 6) is 0.921. The predicted molar refractivity (Wildman–Crippen MR) is 138 cm³/mol. The van der Waals surface area contributed by atoms with Gasteiger partial charge >= 0.3 is 0 Å². The summed E-state index contributed by atoms with van der Waals surface area (Å²) in [6.45, 7) is 5.27. The molecule has 4 atom stereocenters. The van der Waals surface area contributed by atoms with Gasteiger partial charge in [0.1, 0.15) is 17.3 Å². The highest BCUT2D eigenvalue weighted by molar-refractivity contribution is 5.99. The van der Waals surface area contributed by atoms with Crippen molar-refractivity contribution >= 4 is 24.1 Å². The molecule has 36 heavy (non-hydrogen) atoms. The molecule has 1 aliphatic heterocycles. The monoisotopic (exact) mass is 497 g/mol. The summed E-state index contributed by atoms with van der Waals surface area (Å²) in [6.07, 6.45) is 8.26. The number of amides is 1. The van der Waals surface area contributed by atoms with Gasteiger partial charge in [-0.3, -0.25) is 14.6 Å². The van der Waals surface area contributed by atoms with Crippen LogP contribution >= 0.6 is 0 Å². The Balaban J connectivity index is 1.59. The van der Waals surface area contributed by atoms with Crippen LogP contribution in [0.1, 0.15) is 51.5 Å². The summed E-state index contributed by atoms with van der Waals surface area (Å²) in [4.78, 5) is 30.5. The minimum Gasteiger partial charge on any atom is -0.391 e. The second-order valence-corrected chi connectivity index (χ2v) is 9.35. The third-order valence-corrected chi connectivity index (χ3v) is 7.14. The van der Waals surface area contributed by atoms with Crippen LogP contribution in [-0.2, 0) is 9.53 Å². The number of amidine groups is 1. The number of hydrogen-bond donors (Lipinski definition) is 4. The highest BCUT2D eigenvalue weighted by Crippen LogP contribution is 2.29. The molecule has 0 saturated heterocycles. The number of ether oxygens (including phenoxy) is 1. The third kappa shape index (κ3) is 5.21. The highest BCUT2D eigenvalue weighted by Gasteiger charge is 2.32. The minimum absolute atomic E-state index is 0.0720. The lowest BCUT2D eigenvalue weighted by molar-refractivity contribution is -0.120. The minimum atomic E-state index is -0.534. The number of carbonyl (C=O) groups is 1. The average molecular weight is 498 g/mol. The van der Waals surface area contributed by atoms with Crippen LogP contribution in [0.3, 0.4) is 0 Å². The SMILES string of the molecule is C=NN1C(=NC)C=C(Nc2cccn([C@@H]3CCC[C@H](OC)C3)c2=O)N/C1=C(/C)C(=O)N[C@H]1CC[C@@H]1O. The van der Waals surface area contributed by atoms with E-state index in [1.807, 2.05) is 12.3 Å². The van der Waals surface area contributed by atoms with E-state index < -0.39 is 6.10 Å². The summed E-state index contributed by atoms with van der Waals surface area (Å²) >= 11 is 0. The molecule has 0 aromatic carbocycles. The molecule has 3 aliphatic rings. The second-order valence-electron chi connectivity index (χ2n) is 9.35. The van der Waals surface area contributed by atoms with Gasteiger partial charge < -0.3 is 30.4 Å². The van der Waals surface area contributed by atoms with Gasteiger partial charge in [-0.15, -0.1) is 0 Å². The van der Waals surface area contributed by atoms with Gasteiger partial charge in [-0.2, -0.15) is 10.1 Å². The Kier molecular flexibility index (Phi) is 7.90. The van der Waals surface area contributed by atoms with E-state index in [0.717, 1.165) is 32.1 Å². The molecule has 4 rings (SSSR count). The van der Waals surface area contributed by atoms with E-state index >= 15 is 0 Å². The fourth-order valence-electron chi connectivity index (χ4n) is 4.80. The number of nitrogens with zero attached hydrogens (tertiary/aromatic N) is 4. The molecular weight excluding hydrogens is 462 g/mol. The molecule has 0 spiro atoms. The molecule has 1 aromatic rings. The molecule has 2 heterocycles. The number of hydrazone groups is 1. The number of aliphatic hydroxyl groups is 1. The van der Waals surface area contributed by atoms with Gasteiger partial charge in [0, 0.05) is 39.2 Å². The average Bonchev–Trinajstić information content (AvgIpc) is 2.90. The smallest absolute Gasteiger partial charge is 0.274 e. The van der Waals surface area contributed by atoms with Gasteiger partial charge in [-0.05, 0) is 57.6 Å². The summed E-state index contributed by atoms with van der Waals surface area (Å²) in [7, 11) is 3.32. The summed E-state index contributed by atoms with van der Waals surface area (Å²) in [5.41, 5.74) is 0.596. The number of anilines is 1. The Morgan fingerprint density at radius 3 is 2.75 bits per heavy atom. The van der Waals surface area contributed by atoms with E-state index in [2.05, 4.69) is 32.8 Å². The number of aliphatic imine (C=N–C) groups is 1. The van der Waals surface area contributed by atoms with Crippen molar-refractivity contribution in [3.63, 3.8) is 0 Å². The van der Waals surface area contributed by atoms with Gasteiger partial charge in [-0.1, -0.05) is 0 Å². The maximum absolute atomic E-state index is 13.4. The van der Waals surface area contributed by atoms with Crippen LogP contribution < -0.4 is 21.5 Å². The molecule has 11 heteroatoms. The normalized spacial score (nSPS) is 28.5. The molecule has 0 bridgehead atoms. The lowest BCUT2D eigenvalue weighted by atomic mass is 9.89. The van der Waals surface area contributed by atoms with Crippen molar-refractivity contribution in [3.8, 4) is 0 Å². The lowest BCUT2D eigenvalue weighted by Crippen LogP contribution is -2.51. The Hall–Kier alpha value is -3.44. The van der Waals surface area contributed by atoms with Crippen molar-refractivity contribution in [1.29, 1.82) is 0 Å². The number of aromatic nitrogens is 1. The van der Waals surface area contributed by atoms with E-state index in [1.54, 1.807) is 37.8 Å². The number of methoxy groups -OCH3 is 1. The number of pyridine rings is 1. The van der Waals surface area contributed by atoms with Crippen molar-refractivity contribution in [2.45, 2.75) is 69.7 Å². The first-order valence-electron chi connectivity index (χ1n) is 12.3. The number of hydrogen-bond acceptors (Lipinski definition) is 8. The van der Waals surface area contributed by atoms with Crippen LogP contribution in [0.4, 0.5) is 5.69 Å². The zero-order valence-corrected chi connectivity index (χ0v) is 21.0. The van der Waals surface area contributed by atoms with Gasteiger partial charge in [0.15, 0.2) is 5.84 Å². The van der Waals surface area contributed by atoms with Crippen molar-refractivity contribution < 1.29 is 14.6 Å². The Morgan fingerprint density at radius 1 is 1.31 bits per heavy atom. The quantitative estimate of drug-likeness (QED) is 0.333. The summed E-state index contributed by atoms with van der Waals surface area (Å²) in [6, 6.07) is 3.37. The molecule has 1 aromatic heterocycles. The molecule has 0 radical (unpaired) electrons. The topological polar surface area (TPSA) is 133 Å². The van der Waals surface area contributed by atoms with Crippen molar-refractivity contribution in [2.24, 2.45) is 10.1 Å². The molecule has 11 nitrogen and oxygen atoms in total. The molecule has 1 amide bonds. The van der Waals surface area contributed by atoms with Gasteiger partial charge in [0.2, 0.25) is 0 Å². The van der Waals surface area contributed by atoms with E-state index in [-0.39, 0.29) is 29.7 Å². The van der Waals surface area contributed by atoms with E-state index in [4.69, 9.17) is 4.74 Å². The molecule has 2 saturated carbocycles. The third-order valence-electron chi connectivity index (χ3n) is 7.14. The summed E-state index contributed by atoms with van der Waals surface area (Å²) < 4.78 is 7.31.